The third kappa shape index (κ3) is 9.63. The Balaban J connectivity index is 0.00000137. The van der Waals surface area contributed by atoms with Crippen LogP contribution in [0.2, 0.25) is 0 Å². The first-order valence-electron chi connectivity index (χ1n) is 12.1. The van der Waals surface area contributed by atoms with Gasteiger partial charge >= 0.3 is 0 Å². The van der Waals surface area contributed by atoms with E-state index in [0.717, 1.165) is 17.7 Å². The number of halogens is 1. The van der Waals surface area contributed by atoms with Gasteiger partial charge in [-0.1, -0.05) is 52.0 Å². The van der Waals surface area contributed by atoms with Gasteiger partial charge in [0, 0.05) is 31.4 Å². The van der Waals surface area contributed by atoms with Crippen molar-refractivity contribution in [1.82, 2.24) is 21.1 Å². The Morgan fingerprint density at radius 2 is 1.71 bits per heavy atom. The molecule has 1 heterocycles. The molecule has 34 heavy (non-hydrogen) atoms. The monoisotopic (exact) mass is 472 g/mol. The number of aliphatic hydroxyl groups excluding tert-OH is 1. The largest absolute Gasteiger partial charge is 0.387 e. The number of carbonyl (C=O) groups is 1. The highest BCUT2D eigenvalue weighted by Gasteiger charge is 2.18. The van der Waals surface area contributed by atoms with Crippen molar-refractivity contribution >= 4 is 5.91 Å². The third-order valence-corrected chi connectivity index (χ3v) is 5.11. The maximum absolute atomic E-state index is 12.9. The SMILES string of the molecule is CC.CC.CC1=CC(CN(C)C(=O)c2ccc(CCNCC(O)c3ccc(F)cc3)cc2)NN1. The van der Waals surface area contributed by atoms with E-state index in [0.29, 0.717) is 30.8 Å². The van der Waals surface area contributed by atoms with Gasteiger partial charge in [0.15, 0.2) is 0 Å². The van der Waals surface area contributed by atoms with Gasteiger partial charge in [-0.2, -0.15) is 0 Å². The van der Waals surface area contributed by atoms with Gasteiger partial charge in [-0.3, -0.25) is 4.79 Å². The number of hydrogen-bond acceptors (Lipinski definition) is 5. The zero-order valence-corrected chi connectivity index (χ0v) is 21.4. The van der Waals surface area contributed by atoms with Crippen LogP contribution in [-0.2, 0) is 6.42 Å². The second-order valence-corrected chi connectivity index (χ2v) is 7.63. The lowest BCUT2D eigenvalue weighted by atomic mass is 10.1. The predicted octanol–water partition coefficient (Wildman–Crippen LogP) is 4.20. The summed E-state index contributed by atoms with van der Waals surface area (Å²) in [4.78, 5) is 14.3. The molecule has 2 unspecified atom stereocenters. The van der Waals surface area contributed by atoms with Crippen molar-refractivity contribution in [3.63, 3.8) is 0 Å². The highest BCUT2D eigenvalue weighted by atomic mass is 19.1. The van der Waals surface area contributed by atoms with Crippen molar-refractivity contribution in [2.45, 2.75) is 53.2 Å². The smallest absolute Gasteiger partial charge is 0.253 e. The normalized spacial score (nSPS) is 15.1. The number of amides is 1. The first-order valence-corrected chi connectivity index (χ1v) is 12.1. The van der Waals surface area contributed by atoms with Crippen LogP contribution in [0.3, 0.4) is 0 Å². The number of likely N-dealkylation sites (N-methyl/N-ethyl adjacent to an activating group) is 1. The number of carbonyl (C=O) groups excluding carboxylic acids is 1. The van der Waals surface area contributed by atoms with Crippen LogP contribution in [0.1, 0.15) is 62.2 Å². The summed E-state index contributed by atoms with van der Waals surface area (Å²) in [5.41, 5.74) is 9.68. The van der Waals surface area contributed by atoms with E-state index >= 15 is 0 Å². The first kappa shape index (κ1) is 29.3. The molecule has 2 atom stereocenters. The fourth-order valence-corrected chi connectivity index (χ4v) is 3.38. The summed E-state index contributed by atoms with van der Waals surface area (Å²) in [6, 6.07) is 13.6. The van der Waals surface area contributed by atoms with Crippen LogP contribution in [0.4, 0.5) is 4.39 Å². The predicted molar refractivity (Wildman–Crippen MR) is 138 cm³/mol. The molecule has 0 aromatic heterocycles. The molecule has 3 rings (SSSR count). The lowest BCUT2D eigenvalue weighted by Crippen LogP contribution is -2.41. The number of nitrogens with zero attached hydrogens (tertiary/aromatic N) is 1. The van der Waals surface area contributed by atoms with Crippen molar-refractivity contribution in [2.24, 2.45) is 0 Å². The Morgan fingerprint density at radius 3 is 2.26 bits per heavy atom. The van der Waals surface area contributed by atoms with Gasteiger partial charge in [0.05, 0.1) is 12.1 Å². The minimum Gasteiger partial charge on any atom is -0.387 e. The summed E-state index contributed by atoms with van der Waals surface area (Å²) < 4.78 is 12.9. The van der Waals surface area contributed by atoms with E-state index in [2.05, 4.69) is 22.2 Å². The number of benzene rings is 2. The summed E-state index contributed by atoms with van der Waals surface area (Å²) in [6.07, 6.45) is 2.17. The Bertz CT molecular complexity index is 869. The molecule has 2 aromatic carbocycles. The number of hydrogen-bond donors (Lipinski definition) is 4. The van der Waals surface area contributed by atoms with E-state index in [1.165, 1.54) is 12.1 Å². The van der Waals surface area contributed by atoms with Crippen LogP contribution in [0, 0.1) is 5.82 Å². The van der Waals surface area contributed by atoms with Crippen molar-refractivity contribution in [3.05, 3.63) is 82.8 Å². The first-order chi connectivity index (χ1) is 16.4. The highest BCUT2D eigenvalue weighted by Crippen LogP contribution is 2.13. The van der Waals surface area contributed by atoms with Gasteiger partial charge in [0.1, 0.15) is 5.82 Å². The molecule has 6 nitrogen and oxygen atoms in total. The average molecular weight is 473 g/mol. The molecule has 1 amide bonds. The Hall–Kier alpha value is -2.74. The quantitative estimate of drug-likeness (QED) is 0.412. The second-order valence-electron chi connectivity index (χ2n) is 7.63. The molecule has 2 aromatic rings. The van der Waals surface area contributed by atoms with Gasteiger partial charge in [0.25, 0.3) is 5.91 Å². The molecular formula is C27H41FN4O2. The third-order valence-electron chi connectivity index (χ3n) is 5.11. The number of nitrogens with one attached hydrogen (secondary N) is 3. The molecule has 0 spiro atoms. The van der Waals surface area contributed by atoms with Gasteiger partial charge in [-0.25, -0.2) is 9.82 Å². The number of rotatable bonds is 9. The molecule has 0 saturated heterocycles. The van der Waals surface area contributed by atoms with Crippen LogP contribution in [0.15, 0.2) is 60.3 Å². The molecule has 7 heteroatoms. The molecular weight excluding hydrogens is 431 g/mol. The van der Waals surface area contributed by atoms with Crippen LogP contribution in [0.25, 0.3) is 0 Å². The summed E-state index contributed by atoms with van der Waals surface area (Å²) >= 11 is 0. The standard InChI is InChI=1S/C23H29FN4O2.2C2H6/c1-16-13-21(27-26-16)15-28(2)23(30)19-5-3-17(4-6-19)11-12-25-14-22(29)18-7-9-20(24)10-8-18;2*1-2/h3-10,13,21-22,25-27,29H,11-12,14-15H2,1-2H3;2*1-2H3. The van der Waals surface area contributed by atoms with Crippen LogP contribution in [-0.4, -0.2) is 48.6 Å². The summed E-state index contributed by atoms with van der Waals surface area (Å²) in [5, 5.41) is 13.3. The molecule has 0 bridgehead atoms. The van der Waals surface area contributed by atoms with Gasteiger partial charge in [0.2, 0.25) is 0 Å². The van der Waals surface area contributed by atoms with E-state index in [4.69, 9.17) is 0 Å². The lowest BCUT2D eigenvalue weighted by molar-refractivity contribution is 0.0787. The Kier molecular flexibility index (Phi) is 13.8. The number of hydrazine groups is 1. The summed E-state index contributed by atoms with van der Waals surface area (Å²) in [6.45, 7) is 11.7. The molecule has 0 fully saturated rings. The zero-order chi connectivity index (χ0) is 25.5. The van der Waals surface area contributed by atoms with E-state index in [9.17, 15) is 14.3 Å². The van der Waals surface area contributed by atoms with Crippen molar-refractivity contribution in [3.8, 4) is 0 Å². The molecule has 4 N–H and O–H groups in total. The molecule has 1 aliphatic rings. The van der Waals surface area contributed by atoms with Crippen LogP contribution >= 0.6 is 0 Å². The summed E-state index contributed by atoms with van der Waals surface area (Å²) in [7, 11) is 1.80. The fourth-order valence-electron chi connectivity index (χ4n) is 3.38. The van der Waals surface area contributed by atoms with Gasteiger partial charge < -0.3 is 20.7 Å². The van der Waals surface area contributed by atoms with Crippen molar-refractivity contribution in [1.29, 1.82) is 0 Å². The Morgan fingerprint density at radius 1 is 1.09 bits per heavy atom. The fraction of sp³-hybridized carbons (Fsp3) is 0.444. The van der Waals surface area contributed by atoms with Gasteiger partial charge in [-0.05, 0) is 61.4 Å². The van der Waals surface area contributed by atoms with Crippen molar-refractivity contribution in [2.75, 3.05) is 26.7 Å². The minimum absolute atomic E-state index is 0.0122. The van der Waals surface area contributed by atoms with Crippen LogP contribution < -0.4 is 16.2 Å². The molecule has 188 valence electrons. The molecule has 0 radical (unpaired) electrons. The summed E-state index contributed by atoms with van der Waals surface area (Å²) in [5.74, 6) is -0.326. The van der Waals surface area contributed by atoms with Crippen LogP contribution in [0.5, 0.6) is 0 Å². The topological polar surface area (TPSA) is 76.6 Å². The maximum atomic E-state index is 12.9. The van der Waals surface area contributed by atoms with E-state index in [1.807, 2.05) is 58.9 Å². The molecule has 1 aliphatic heterocycles. The van der Waals surface area contributed by atoms with Crippen molar-refractivity contribution < 1.29 is 14.3 Å². The lowest BCUT2D eigenvalue weighted by Gasteiger charge is -2.20. The zero-order valence-electron chi connectivity index (χ0n) is 21.4. The van der Waals surface area contributed by atoms with E-state index in [-0.39, 0.29) is 17.8 Å². The Labute approximate surface area is 204 Å². The number of aliphatic hydroxyl groups is 1. The van der Waals surface area contributed by atoms with Gasteiger partial charge in [-0.15, -0.1) is 0 Å². The van der Waals surface area contributed by atoms with E-state index < -0.39 is 6.10 Å². The second kappa shape index (κ2) is 16.0. The molecule has 0 saturated carbocycles. The number of allylic oxidation sites excluding steroid dienone is 1. The highest BCUT2D eigenvalue weighted by molar-refractivity contribution is 5.94. The van der Waals surface area contributed by atoms with E-state index in [1.54, 1.807) is 24.1 Å². The minimum atomic E-state index is -0.677. The maximum Gasteiger partial charge on any atom is 0.253 e. The average Bonchev–Trinajstić information content (AvgIpc) is 3.28. The molecule has 0 aliphatic carbocycles.